The highest BCUT2D eigenvalue weighted by molar-refractivity contribution is 9.10. The van der Waals surface area contributed by atoms with Crippen molar-refractivity contribution in [1.82, 2.24) is 5.32 Å². The lowest BCUT2D eigenvalue weighted by Gasteiger charge is -2.11. The fourth-order valence-corrected chi connectivity index (χ4v) is 4.82. The molecule has 0 aromatic heterocycles. The first-order valence-electron chi connectivity index (χ1n) is 8.46. The van der Waals surface area contributed by atoms with Gasteiger partial charge in [-0.3, -0.25) is 9.59 Å². The van der Waals surface area contributed by atoms with Gasteiger partial charge in [-0.1, -0.05) is 28.1 Å². The van der Waals surface area contributed by atoms with Crippen LogP contribution in [0, 0.1) is 0 Å². The maximum atomic E-state index is 12.2. The van der Waals surface area contributed by atoms with Crippen LogP contribution in [-0.2, 0) is 21.1 Å². The summed E-state index contributed by atoms with van der Waals surface area (Å²) in [6.45, 7) is 0. The van der Waals surface area contributed by atoms with Gasteiger partial charge in [-0.15, -0.1) is 0 Å². The van der Waals surface area contributed by atoms with Crippen LogP contribution in [0.3, 0.4) is 0 Å². The summed E-state index contributed by atoms with van der Waals surface area (Å²) in [5.41, 5.74) is 1.97. The van der Waals surface area contributed by atoms with Crippen LogP contribution >= 0.6 is 15.9 Å². The van der Waals surface area contributed by atoms with Gasteiger partial charge in [0.2, 0.25) is 5.91 Å². The van der Waals surface area contributed by atoms with Crippen molar-refractivity contribution in [2.45, 2.75) is 18.9 Å². The molecule has 6 nitrogen and oxygen atoms in total. The molecule has 0 radical (unpaired) electrons. The Balaban J connectivity index is 1.53. The monoisotopic (exact) mass is 450 g/mol. The summed E-state index contributed by atoms with van der Waals surface area (Å²) in [5.74, 6) is -0.274. The first-order valence-corrected chi connectivity index (χ1v) is 11.1. The summed E-state index contributed by atoms with van der Waals surface area (Å²) >= 11 is 3.33. The van der Waals surface area contributed by atoms with Crippen molar-refractivity contribution in [3.8, 4) is 0 Å². The first kappa shape index (κ1) is 19.6. The third-order valence-corrected chi connectivity index (χ3v) is 6.58. The van der Waals surface area contributed by atoms with Crippen molar-refractivity contribution < 1.29 is 18.0 Å². The Bertz CT molecular complexity index is 941. The van der Waals surface area contributed by atoms with Gasteiger partial charge in [-0.2, -0.15) is 0 Å². The van der Waals surface area contributed by atoms with Gasteiger partial charge in [0.15, 0.2) is 9.84 Å². The Kier molecular flexibility index (Phi) is 5.96. The second kappa shape index (κ2) is 8.22. The maximum Gasteiger partial charge on any atom is 0.255 e. The van der Waals surface area contributed by atoms with Gasteiger partial charge in [-0.25, -0.2) is 8.42 Å². The number of halogens is 1. The Labute approximate surface area is 166 Å². The number of hydrogen-bond acceptors (Lipinski definition) is 4. The standard InChI is InChI=1S/C19H19BrN2O4S/c20-15-5-3-14(4-6-15)19(24)22-16-7-1-13(2-8-16)11-18(23)21-17-9-10-27(25,26)12-17/h1-8,17H,9-12H2,(H,21,23)(H,22,24). The fraction of sp³-hybridized carbons (Fsp3) is 0.263. The molecule has 1 heterocycles. The van der Waals surface area contributed by atoms with Crippen molar-refractivity contribution in [3.05, 3.63) is 64.1 Å². The molecule has 1 aliphatic rings. The number of carbonyl (C=O) groups excluding carboxylic acids is 2. The van der Waals surface area contributed by atoms with E-state index in [4.69, 9.17) is 0 Å². The lowest BCUT2D eigenvalue weighted by Crippen LogP contribution is -2.36. The van der Waals surface area contributed by atoms with Crippen LogP contribution in [0.25, 0.3) is 0 Å². The summed E-state index contributed by atoms with van der Waals surface area (Å²) < 4.78 is 23.8. The summed E-state index contributed by atoms with van der Waals surface area (Å²) in [4.78, 5) is 24.3. The number of amides is 2. The zero-order valence-electron chi connectivity index (χ0n) is 14.4. The number of carbonyl (C=O) groups is 2. The summed E-state index contributed by atoms with van der Waals surface area (Å²) in [6.07, 6.45) is 0.632. The highest BCUT2D eigenvalue weighted by atomic mass is 79.9. The van der Waals surface area contributed by atoms with E-state index in [9.17, 15) is 18.0 Å². The van der Waals surface area contributed by atoms with E-state index in [0.717, 1.165) is 10.0 Å². The normalized spacial score (nSPS) is 18.0. The minimum absolute atomic E-state index is 0.0137. The van der Waals surface area contributed by atoms with E-state index in [0.29, 0.717) is 17.7 Å². The lowest BCUT2D eigenvalue weighted by molar-refractivity contribution is -0.121. The predicted octanol–water partition coefficient (Wildman–Crippen LogP) is 2.55. The SMILES string of the molecule is O=C(Cc1ccc(NC(=O)c2ccc(Br)cc2)cc1)NC1CCS(=O)(=O)C1. The Hall–Kier alpha value is -2.19. The molecule has 0 bridgehead atoms. The molecule has 1 atom stereocenters. The largest absolute Gasteiger partial charge is 0.352 e. The van der Waals surface area contributed by atoms with E-state index in [1.54, 1.807) is 48.5 Å². The molecule has 1 unspecified atom stereocenters. The average molecular weight is 451 g/mol. The first-order chi connectivity index (χ1) is 12.8. The van der Waals surface area contributed by atoms with Crippen LogP contribution in [0.1, 0.15) is 22.3 Å². The molecule has 8 heteroatoms. The predicted molar refractivity (Wildman–Crippen MR) is 107 cm³/mol. The van der Waals surface area contributed by atoms with Crippen LogP contribution < -0.4 is 10.6 Å². The molecule has 2 aromatic carbocycles. The Morgan fingerprint density at radius 3 is 2.30 bits per heavy atom. The molecule has 0 spiro atoms. The number of benzene rings is 2. The second-order valence-electron chi connectivity index (χ2n) is 6.50. The summed E-state index contributed by atoms with van der Waals surface area (Å²) in [6, 6.07) is 13.7. The molecule has 0 saturated carbocycles. The van der Waals surface area contributed by atoms with Crippen molar-refractivity contribution in [2.24, 2.45) is 0 Å². The Morgan fingerprint density at radius 1 is 1.04 bits per heavy atom. The Morgan fingerprint density at radius 2 is 1.70 bits per heavy atom. The third kappa shape index (κ3) is 5.64. The zero-order valence-corrected chi connectivity index (χ0v) is 16.8. The van der Waals surface area contributed by atoms with E-state index in [1.165, 1.54) is 0 Å². The van der Waals surface area contributed by atoms with Gasteiger partial charge >= 0.3 is 0 Å². The van der Waals surface area contributed by atoms with E-state index < -0.39 is 9.84 Å². The third-order valence-electron chi connectivity index (χ3n) is 4.28. The maximum absolute atomic E-state index is 12.2. The molecule has 2 N–H and O–H groups in total. The minimum atomic E-state index is -3.01. The zero-order chi connectivity index (χ0) is 19.4. The number of rotatable bonds is 5. The molecule has 1 aliphatic heterocycles. The van der Waals surface area contributed by atoms with Crippen LogP contribution in [0.5, 0.6) is 0 Å². The second-order valence-corrected chi connectivity index (χ2v) is 9.65. The van der Waals surface area contributed by atoms with E-state index in [2.05, 4.69) is 26.6 Å². The molecule has 1 saturated heterocycles. The number of hydrogen-bond donors (Lipinski definition) is 2. The van der Waals surface area contributed by atoms with E-state index in [1.807, 2.05) is 0 Å². The van der Waals surface area contributed by atoms with Crippen molar-refractivity contribution in [1.29, 1.82) is 0 Å². The molecular weight excluding hydrogens is 432 g/mol. The highest BCUT2D eigenvalue weighted by Gasteiger charge is 2.28. The minimum Gasteiger partial charge on any atom is -0.352 e. The van der Waals surface area contributed by atoms with Gasteiger partial charge in [0.1, 0.15) is 0 Å². The average Bonchev–Trinajstić information content (AvgIpc) is 2.95. The number of nitrogens with one attached hydrogen (secondary N) is 2. The number of anilines is 1. The van der Waals surface area contributed by atoms with Crippen molar-refractivity contribution in [2.75, 3.05) is 16.8 Å². The molecule has 2 amide bonds. The van der Waals surface area contributed by atoms with E-state index in [-0.39, 0.29) is 35.8 Å². The molecule has 3 rings (SSSR count). The lowest BCUT2D eigenvalue weighted by atomic mass is 10.1. The molecule has 0 aliphatic carbocycles. The van der Waals surface area contributed by atoms with Crippen molar-refractivity contribution in [3.63, 3.8) is 0 Å². The van der Waals surface area contributed by atoms with E-state index >= 15 is 0 Å². The van der Waals surface area contributed by atoms with Crippen LogP contribution in [-0.4, -0.2) is 37.8 Å². The molecule has 2 aromatic rings. The molecule has 27 heavy (non-hydrogen) atoms. The smallest absolute Gasteiger partial charge is 0.255 e. The number of sulfone groups is 1. The molecular formula is C19H19BrN2O4S. The molecule has 1 fully saturated rings. The summed E-state index contributed by atoms with van der Waals surface area (Å²) in [7, 11) is -3.01. The van der Waals surface area contributed by atoms with Crippen LogP contribution in [0.15, 0.2) is 53.0 Å². The quantitative estimate of drug-likeness (QED) is 0.731. The van der Waals surface area contributed by atoms with Gasteiger partial charge in [0, 0.05) is 21.8 Å². The van der Waals surface area contributed by atoms with Crippen LogP contribution in [0.2, 0.25) is 0 Å². The fourth-order valence-electron chi connectivity index (χ4n) is 2.88. The van der Waals surface area contributed by atoms with Gasteiger partial charge < -0.3 is 10.6 Å². The summed E-state index contributed by atoms with van der Waals surface area (Å²) in [5, 5.41) is 5.57. The molecule has 142 valence electrons. The van der Waals surface area contributed by atoms with Gasteiger partial charge in [-0.05, 0) is 48.4 Å². The topological polar surface area (TPSA) is 92.3 Å². The highest BCUT2D eigenvalue weighted by Crippen LogP contribution is 2.15. The van der Waals surface area contributed by atoms with Crippen LogP contribution in [0.4, 0.5) is 5.69 Å². The van der Waals surface area contributed by atoms with Crippen molar-refractivity contribution >= 4 is 43.3 Å². The van der Waals surface area contributed by atoms with Gasteiger partial charge in [0.05, 0.1) is 17.9 Å². The van der Waals surface area contributed by atoms with Gasteiger partial charge in [0.25, 0.3) is 5.91 Å².